The Labute approximate surface area is 123 Å². The Hall–Kier alpha value is -1.03. The third-order valence-electron chi connectivity index (χ3n) is 3.05. The number of thiophene rings is 1. The van der Waals surface area contributed by atoms with Crippen LogP contribution in [0.25, 0.3) is 0 Å². The van der Waals surface area contributed by atoms with Gasteiger partial charge >= 0.3 is 0 Å². The zero-order valence-corrected chi connectivity index (χ0v) is 12.9. The van der Waals surface area contributed by atoms with Crippen molar-refractivity contribution in [3.8, 4) is 5.75 Å². The lowest BCUT2D eigenvalue weighted by Gasteiger charge is -2.18. The molecule has 0 saturated carbocycles. The van der Waals surface area contributed by atoms with Gasteiger partial charge < -0.3 is 10.1 Å². The largest absolute Gasteiger partial charge is 0.496 e. The normalized spacial score (nSPS) is 12.4. The molecule has 0 radical (unpaired) electrons. The SMILES string of the molecule is CCNC(c1ccc(C)c(OC)c1)c1ccc(Cl)s1. The van der Waals surface area contributed by atoms with E-state index < -0.39 is 0 Å². The molecule has 0 saturated heterocycles. The second-order valence-corrected chi connectivity index (χ2v) is 6.11. The Bertz CT molecular complexity index is 553. The number of benzene rings is 1. The fourth-order valence-corrected chi connectivity index (χ4v) is 3.25. The van der Waals surface area contributed by atoms with E-state index in [2.05, 4.69) is 36.5 Å². The molecule has 0 fully saturated rings. The molecule has 2 nitrogen and oxygen atoms in total. The zero-order chi connectivity index (χ0) is 13.8. The van der Waals surface area contributed by atoms with Gasteiger partial charge in [-0.3, -0.25) is 0 Å². The van der Waals surface area contributed by atoms with Crippen LogP contribution in [-0.2, 0) is 0 Å². The van der Waals surface area contributed by atoms with E-state index in [0.717, 1.165) is 22.2 Å². The summed E-state index contributed by atoms with van der Waals surface area (Å²) in [7, 11) is 1.70. The van der Waals surface area contributed by atoms with Crippen molar-refractivity contribution in [2.24, 2.45) is 0 Å². The highest BCUT2D eigenvalue weighted by Gasteiger charge is 2.16. The Kier molecular flexibility index (Phi) is 4.86. The quantitative estimate of drug-likeness (QED) is 0.882. The van der Waals surface area contributed by atoms with E-state index in [0.29, 0.717) is 0 Å². The number of ether oxygens (including phenoxy) is 1. The number of rotatable bonds is 5. The Morgan fingerprint density at radius 1 is 1.32 bits per heavy atom. The Morgan fingerprint density at radius 2 is 2.11 bits per heavy atom. The number of hydrogen-bond donors (Lipinski definition) is 1. The molecule has 1 heterocycles. The first-order valence-electron chi connectivity index (χ1n) is 6.29. The average Bonchev–Trinajstić information content (AvgIpc) is 2.83. The first-order valence-corrected chi connectivity index (χ1v) is 7.48. The van der Waals surface area contributed by atoms with Gasteiger partial charge in [0.1, 0.15) is 5.75 Å². The fraction of sp³-hybridized carbons (Fsp3) is 0.333. The summed E-state index contributed by atoms with van der Waals surface area (Å²) < 4.78 is 6.22. The van der Waals surface area contributed by atoms with Gasteiger partial charge in [0, 0.05) is 4.88 Å². The molecule has 0 aliphatic heterocycles. The standard InChI is InChI=1S/C15H18ClNOS/c1-4-17-15(13-7-8-14(16)19-13)11-6-5-10(2)12(9-11)18-3/h5-9,15,17H,4H2,1-3H3. The molecule has 1 atom stereocenters. The molecular formula is C15H18ClNOS. The van der Waals surface area contributed by atoms with Gasteiger partial charge in [0.05, 0.1) is 17.5 Å². The van der Waals surface area contributed by atoms with Crippen molar-refractivity contribution in [3.63, 3.8) is 0 Å². The van der Waals surface area contributed by atoms with Crippen LogP contribution in [0.2, 0.25) is 4.34 Å². The van der Waals surface area contributed by atoms with E-state index in [9.17, 15) is 0 Å². The first kappa shape index (κ1) is 14.4. The minimum absolute atomic E-state index is 0.164. The summed E-state index contributed by atoms with van der Waals surface area (Å²) in [5, 5.41) is 3.50. The van der Waals surface area contributed by atoms with Crippen molar-refractivity contribution < 1.29 is 4.74 Å². The summed E-state index contributed by atoms with van der Waals surface area (Å²) in [6.45, 7) is 5.05. The first-order chi connectivity index (χ1) is 9.15. The molecule has 19 heavy (non-hydrogen) atoms. The maximum absolute atomic E-state index is 6.04. The van der Waals surface area contributed by atoms with E-state index in [1.807, 2.05) is 13.0 Å². The molecular weight excluding hydrogens is 278 g/mol. The molecule has 1 aromatic heterocycles. The maximum Gasteiger partial charge on any atom is 0.122 e. The van der Waals surface area contributed by atoms with Crippen LogP contribution in [0.15, 0.2) is 30.3 Å². The summed E-state index contributed by atoms with van der Waals surface area (Å²) in [5.41, 5.74) is 2.34. The third kappa shape index (κ3) is 3.30. The van der Waals surface area contributed by atoms with Crippen molar-refractivity contribution in [1.82, 2.24) is 5.32 Å². The van der Waals surface area contributed by atoms with Crippen molar-refractivity contribution in [2.45, 2.75) is 19.9 Å². The lowest BCUT2D eigenvalue weighted by molar-refractivity contribution is 0.410. The predicted molar refractivity (Wildman–Crippen MR) is 82.6 cm³/mol. The van der Waals surface area contributed by atoms with Gasteiger partial charge in [-0.2, -0.15) is 0 Å². The summed E-state index contributed by atoms with van der Waals surface area (Å²) in [5.74, 6) is 0.919. The molecule has 0 spiro atoms. The van der Waals surface area contributed by atoms with Gasteiger partial charge in [-0.1, -0.05) is 30.7 Å². The molecule has 0 aliphatic carbocycles. The molecule has 0 aliphatic rings. The second-order valence-electron chi connectivity index (χ2n) is 4.36. The van der Waals surface area contributed by atoms with E-state index >= 15 is 0 Å². The molecule has 2 rings (SSSR count). The highest BCUT2D eigenvalue weighted by atomic mass is 35.5. The molecule has 4 heteroatoms. The molecule has 1 N–H and O–H groups in total. The summed E-state index contributed by atoms with van der Waals surface area (Å²) in [6, 6.07) is 10.5. The number of nitrogens with one attached hydrogen (secondary N) is 1. The number of methoxy groups -OCH3 is 1. The Morgan fingerprint density at radius 3 is 2.68 bits per heavy atom. The van der Waals surface area contributed by atoms with Crippen LogP contribution in [0.3, 0.4) is 0 Å². The fourth-order valence-electron chi connectivity index (χ4n) is 2.09. The third-order valence-corrected chi connectivity index (χ3v) is 4.35. The Balaban J connectivity index is 2.38. The van der Waals surface area contributed by atoms with Crippen LogP contribution in [0.1, 0.15) is 29.0 Å². The van der Waals surface area contributed by atoms with Gasteiger partial charge in [-0.25, -0.2) is 0 Å². The average molecular weight is 296 g/mol. The van der Waals surface area contributed by atoms with Crippen LogP contribution >= 0.6 is 22.9 Å². The second kappa shape index (κ2) is 6.42. The molecule has 1 aromatic carbocycles. The van der Waals surface area contributed by atoms with Gasteiger partial charge in [0.15, 0.2) is 0 Å². The van der Waals surface area contributed by atoms with Crippen LogP contribution in [0.4, 0.5) is 0 Å². The molecule has 0 bridgehead atoms. The summed E-state index contributed by atoms with van der Waals surface area (Å²) >= 11 is 7.65. The van der Waals surface area contributed by atoms with Crippen LogP contribution in [0.5, 0.6) is 5.75 Å². The van der Waals surface area contributed by atoms with Gasteiger partial charge in [-0.15, -0.1) is 11.3 Å². The van der Waals surface area contributed by atoms with Gasteiger partial charge in [0.25, 0.3) is 0 Å². The van der Waals surface area contributed by atoms with Crippen LogP contribution in [0, 0.1) is 6.92 Å². The van der Waals surface area contributed by atoms with Crippen molar-refractivity contribution in [3.05, 3.63) is 50.7 Å². The van der Waals surface area contributed by atoms with Gasteiger partial charge in [-0.05, 0) is 42.8 Å². The van der Waals surface area contributed by atoms with E-state index in [-0.39, 0.29) is 6.04 Å². The van der Waals surface area contributed by atoms with Crippen LogP contribution < -0.4 is 10.1 Å². The monoisotopic (exact) mass is 295 g/mol. The number of aryl methyl sites for hydroxylation is 1. The minimum atomic E-state index is 0.164. The highest BCUT2D eigenvalue weighted by Crippen LogP contribution is 2.33. The number of hydrogen-bond acceptors (Lipinski definition) is 3. The summed E-state index contributed by atoms with van der Waals surface area (Å²) in [4.78, 5) is 1.22. The van der Waals surface area contributed by atoms with Crippen molar-refractivity contribution >= 4 is 22.9 Å². The highest BCUT2D eigenvalue weighted by molar-refractivity contribution is 7.16. The zero-order valence-electron chi connectivity index (χ0n) is 11.4. The van der Waals surface area contributed by atoms with Crippen molar-refractivity contribution in [2.75, 3.05) is 13.7 Å². The lowest BCUT2D eigenvalue weighted by atomic mass is 10.0. The van der Waals surface area contributed by atoms with E-state index in [1.165, 1.54) is 10.4 Å². The summed E-state index contributed by atoms with van der Waals surface area (Å²) in [6.07, 6.45) is 0. The molecule has 102 valence electrons. The van der Waals surface area contributed by atoms with Gasteiger partial charge in [0.2, 0.25) is 0 Å². The van der Waals surface area contributed by atoms with E-state index in [4.69, 9.17) is 16.3 Å². The van der Waals surface area contributed by atoms with Crippen molar-refractivity contribution in [1.29, 1.82) is 0 Å². The molecule has 0 amide bonds. The molecule has 1 unspecified atom stereocenters. The maximum atomic E-state index is 6.04. The predicted octanol–water partition coefficient (Wildman–Crippen LogP) is 4.42. The van der Waals surface area contributed by atoms with Crippen LogP contribution in [-0.4, -0.2) is 13.7 Å². The van der Waals surface area contributed by atoms with E-state index in [1.54, 1.807) is 18.4 Å². The lowest BCUT2D eigenvalue weighted by Crippen LogP contribution is -2.21. The smallest absolute Gasteiger partial charge is 0.122 e. The minimum Gasteiger partial charge on any atom is -0.496 e. The molecule has 2 aromatic rings. The topological polar surface area (TPSA) is 21.3 Å². The number of halogens is 1.